The molecule has 0 atom stereocenters. The van der Waals surface area contributed by atoms with Crippen LogP contribution in [0.1, 0.15) is 59.3 Å². The minimum atomic E-state index is -0.789. The predicted octanol–water partition coefficient (Wildman–Crippen LogP) is 2.80. The lowest BCUT2D eigenvalue weighted by Gasteiger charge is -2.33. The van der Waals surface area contributed by atoms with Crippen LogP contribution in [0.3, 0.4) is 0 Å². The van der Waals surface area contributed by atoms with Crippen molar-refractivity contribution in [3.8, 4) is 0 Å². The van der Waals surface area contributed by atoms with Crippen molar-refractivity contribution in [2.75, 3.05) is 0 Å². The molecule has 0 aliphatic heterocycles. The van der Waals surface area contributed by atoms with Crippen LogP contribution in [0.2, 0.25) is 0 Å². The average molecular weight is 227 g/mol. The zero-order chi connectivity index (χ0) is 12.2. The van der Waals surface area contributed by atoms with Crippen molar-refractivity contribution in [2.24, 2.45) is 5.92 Å². The van der Waals surface area contributed by atoms with Gasteiger partial charge in [0, 0.05) is 6.04 Å². The molecular formula is C13H25NO2. The van der Waals surface area contributed by atoms with Crippen molar-refractivity contribution < 1.29 is 9.90 Å². The number of rotatable bonds is 5. The predicted molar refractivity (Wildman–Crippen MR) is 65.5 cm³/mol. The van der Waals surface area contributed by atoms with Gasteiger partial charge in [-0.3, -0.25) is 10.1 Å². The monoisotopic (exact) mass is 227 g/mol. The van der Waals surface area contributed by atoms with Crippen LogP contribution in [0.4, 0.5) is 0 Å². The van der Waals surface area contributed by atoms with Crippen molar-refractivity contribution in [3.05, 3.63) is 0 Å². The lowest BCUT2D eigenvalue weighted by molar-refractivity contribution is -0.143. The Kier molecular flexibility index (Phi) is 4.78. The Morgan fingerprint density at radius 2 is 1.88 bits per heavy atom. The molecule has 3 heteroatoms. The molecule has 0 saturated heterocycles. The van der Waals surface area contributed by atoms with Gasteiger partial charge in [-0.1, -0.05) is 19.8 Å². The fourth-order valence-corrected chi connectivity index (χ4v) is 2.58. The molecule has 0 spiro atoms. The van der Waals surface area contributed by atoms with Crippen LogP contribution in [0.5, 0.6) is 0 Å². The number of carbonyl (C=O) groups is 1. The van der Waals surface area contributed by atoms with E-state index in [0.717, 1.165) is 18.8 Å². The Morgan fingerprint density at radius 3 is 2.31 bits per heavy atom. The maximum Gasteiger partial charge on any atom is 0.323 e. The van der Waals surface area contributed by atoms with Crippen LogP contribution in [0.25, 0.3) is 0 Å². The van der Waals surface area contributed by atoms with E-state index in [1.54, 1.807) is 13.8 Å². The Bertz CT molecular complexity index is 230. The SMILES string of the molecule is CCCC1CCC(NC(C)(C)C(=O)O)CC1. The number of aliphatic carboxylic acids is 1. The highest BCUT2D eigenvalue weighted by molar-refractivity contribution is 5.77. The first-order valence-electron chi connectivity index (χ1n) is 6.46. The summed E-state index contributed by atoms with van der Waals surface area (Å²) in [6, 6.07) is 0.388. The second kappa shape index (κ2) is 5.67. The molecule has 0 amide bonds. The summed E-state index contributed by atoms with van der Waals surface area (Å²) in [5.41, 5.74) is -0.789. The quantitative estimate of drug-likeness (QED) is 0.759. The maximum absolute atomic E-state index is 11.0. The molecule has 1 rings (SSSR count). The minimum Gasteiger partial charge on any atom is -0.480 e. The fraction of sp³-hybridized carbons (Fsp3) is 0.923. The molecule has 0 radical (unpaired) electrons. The molecule has 3 nitrogen and oxygen atoms in total. The van der Waals surface area contributed by atoms with Gasteiger partial charge in [0.05, 0.1) is 0 Å². The third-order valence-electron chi connectivity index (χ3n) is 3.64. The molecule has 0 unspecified atom stereocenters. The summed E-state index contributed by atoms with van der Waals surface area (Å²) in [5, 5.41) is 12.3. The summed E-state index contributed by atoms with van der Waals surface area (Å²) in [6.45, 7) is 5.72. The van der Waals surface area contributed by atoms with Gasteiger partial charge >= 0.3 is 5.97 Å². The maximum atomic E-state index is 11.0. The molecule has 1 saturated carbocycles. The van der Waals surface area contributed by atoms with Crippen LogP contribution in [0, 0.1) is 5.92 Å². The molecule has 0 heterocycles. The summed E-state index contributed by atoms with van der Waals surface area (Å²) in [5.74, 6) is 0.110. The van der Waals surface area contributed by atoms with Crippen molar-refractivity contribution >= 4 is 5.97 Å². The van der Waals surface area contributed by atoms with Crippen LogP contribution in [0.15, 0.2) is 0 Å². The van der Waals surface area contributed by atoms with E-state index in [-0.39, 0.29) is 0 Å². The molecule has 94 valence electrons. The Morgan fingerprint density at radius 1 is 1.31 bits per heavy atom. The Balaban J connectivity index is 2.34. The second-order valence-electron chi connectivity index (χ2n) is 5.58. The molecule has 1 aliphatic carbocycles. The van der Waals surface area contributed by atoms with E-state index in [1.807, 2.05) is 0 Å². The van der Waals surface area contributed by atoms with Crippen molar-refractivity contribution in [1.82, 2.24) is 5.32 Å². The first-order valence-corrected chi connectivity index (χ1v) is 6.46. The second-order valence-corrected chi connectivity index (χ2v) is 5.58. The normalized spacial score (nSPS) is 26.7. The molecular weight excluding hydrogens is 202 g/mol. The van der Waals surface area contributed by atoms with E-state index in [0.29, 0.717) is 6.04 Å². The number of hydrogen-bond acceptors (Lipinski definition) is 2. The lowest BCUT2D eigenvalue weighted by atomic mass is 9.83. The third-order valence-corrected chi connectivity index (χ3v) is 3.64. The summed E-state index contributed by atoms with van der Waals surface area (Å²) >= 11 is 0. The fourth-order valence-electron chi connectivity index (χ4n) is 2.58. The van der Waals surface area contributed by atoms with Crippen LogP contribution >= 0.6 is 0 Å². The van der Waals surface area contributed by atoms with Gasteiger partial charge in [0.1, 0.15) is 5.54 Å². The highest BCUT2D eigenvalue weighted by Crippen LogP contribution is 2.28. The molecule has 1 aliphatic rings. The molecule has 2 N–H and O–H groups in total. The molecule has 0 aromatic rings. The topological polar surface area (TPSA) is 49.3 Å². The average Bonchev–Trinajstić information content (AvgIpc) is 2.21. The van der Waals surface area contributed by atoms with Crippen molar-refractivity contribution in [3.63, 3.8) is 0 Å². The number of hydrogen-bond donors (Lipinski definition) is 2. The largest absolute Gasteiger partial charge is 0.480 e. The van der Waals surface area contributed by atoms with Gasteiger partial charge in [0.15, 0.2) is 0 Å². The van der Waals surface area contributed by atoms with Gasteiger partial charge in [-0.25, -0.2) is 0 Å². The van der Waals surface area contributed by atoms with E-state index < -0.39 is 11.5 Å². The molecule has 0 aromatic carbocycles. The first-order chi connectivity index (χ1) is 7.45. The first kappa shape index (κ1) is 13.5. The highest BCUT2D eigenvalue weighted by atomic mass is 16.4. The van der Waals surface area contributed by atoms with E-state index in [1.165, 1.54) is 25.7 Å². The van der Waals surface area contributed by atoms with Gasteiger partial charge in [-0.2, -0.15) is 0 Å². The van der Waals surface area contributed by atoms with Crippen LogP contribution in [-0.2, 0) is 4.79 Å². The number of nitrogens with one attached hydrogen (secondary N) is 1. The number of carboxylic acids is 1. The van der Waals surface area contributed by atoms with E-state index in [9.17, 15) is 4.79 Å². The van der Waals surface area contributed by atoms with Gasteiger partial charge < -0.3 is 5.11 Å². The van der Waals surface area contributed by atoms with Gasteiger partial charge in [0.2, 0.25) is 0 Å². The smallest absolute Gasteiger partial charge is 0.323 e. The van der Waals surface area contributed by atoms with E-state index in [4.69, 9.17) is 5.11 Å². The van der Waals surface area contributed by atoms with Crippen LogP contribution < -0.4 is 5.32 Å². The zero-order valence-electron chi connectivity index (χ0n) is 10.8. The van der Waals surface area contributed by atoms with Gasteiger partial charge in [-0.15, -0.1) is 0 Å². The zero-order valence-corrected chi connectivity index (χ0v) is 10.8. The Labute approximate surface area is 98.6 Å². The standard InChI is InChI=1S/C13H25NO2/c1-4-5-10-6-8-11(9-7-10)14-13(2,3)12(15)16/h10-11,14H,4-9H2,1-3H3,(H,15,16). The van der Waals surface area contributed by atoms with E-state index >= 15 is 0 Å². The Hall–Kier alpha value is -0.570. The lowest BCUT2D eigenvalue weighted by Crippen LogP contribution is -2.52. The summed E-state index contributed by atoms with van der Waals surface area (Å²) < 4.78 is 0. The molecule has 16 heavy (non-hydrogen) atoms. The van der Waals surface area contributed by atoms with Gasteiger partial charge in [-0.05, 0) is 45.4 Å². The number of carboxylic acid groups (broad SMARTS) is 1. The summed E-state index contributed by atoms with van der Waals surface area (Å²) in [4.78, 5) is 11.0. The third kappa shape index (κ3) is 3.78. The molecule has 0 aromatic heterocycles. The molecule has 0 bridgehead atoms. The minimum absolute atomic E-state index is 0.388. The summed E-state index contributed by atoms with van der Waals surface area (Å²) in [6.07, 6.45) is 7.35. The van der Waals surface area contributed by atoms with Crippen molar-refractivity contribution in [1.29, 1.82) is 0 Å². The van der Waals surface area contributed by atoms with Crippen LogP contribution in [-0.4, -0.2) is 22.7 Å². The molecule has 1 fully saturated rings. The van der Waals surface area contributed by atoms with E-state index in [2.05, 4.69) is 12.2 Å². The highest BCUT2D eigenvalue weighted by Gasteiger charge is 2.31. The van der Waals surface area contributed by atoms with Gasteiger partial charge in [0.25, 0.3) is 0 Å². The van der Waals surface area contributed by atoms with Crippen molar-refractivity contribution in [2.45, 2.75) is 70.9 Å². The summed E-state index contributed by atoms with van der Waals surface area (Å²) in [7, 11) is 0.